The van der Waals surface area contributed by atoms with E-state index in [1.54, 1.807) is 43.3 Å². The predicted molar refractivity (Wildman–Crippen MR) is 183 cm³/mol. The summed E-state index contributed by atoms with van der Waals surface area (Å²) in [4.78, 5) is 14.0. The smallest absolute Gasteiger partial charge is 0.416 e. The Morgan fingerprint density at radius 3 is 2.10 bits per heavy atom. The van der Waals surface area contributed by atoms with Gasteiger partial charge in [0.15, 0.2) is 0 Å². The average Bonchev–Trinajstić information content (AvgIpc) is 3.32. The molecule has 0 aromatic heterocycles. The van der Waals surface area contributed by atoms with Gasteiger partial charge in [-0.25, -0.2) is 4.79 Å². The van der Waals surface area contributed by atoms with Gasteiger partial charge in [0, 0.05) is 22.6 Å². The third-order valence-corrected chi connectivity index (χ3v) is 8.89. The van der Waals surface area contributed by atoms with Gasteiger partial charge < -0.3 is 9.84 Å². The van der Waals surface area contributed by atoms with E-state index in [0.717, 1.165) is 35.1 Å². The third kappa shape index (κ3) is 10.1. The number of allylic oxidation sites excluding steroid dienone is 3. The summed E-state index contributed by atoms with van der Waals surface area (Å²) in [6.07, 6.45) is -18.7. The minimum Gasteiger partial charge on any atom is -0.444 e. The van der Waals surface area contributed by atoms with Crippen molar-refractivity contribution in [2.24, 2.45) is 0 Å². The summed E-state index contributed by atoms with van der Waals surface area (Å²) in [5.74, 6) is 0. The average molecular weight is 764 g/mol. The van der Waals surface area contributed by atoms with Crippen molar-refractivity contribution >= 4 is 17.7 Å². The van der Waals surface area contributed by atoms with Crippen LogP contribution in [0.1, 0.15) is 75.8 Å². The zero-order valence-electron chi connectivity index (χ0n) is 29.2. The van der Waals surface area contributed by atoms with Gasteiger partial charge in [0.1, 0.15) is 6.10 Å². The van der Waals surface area contributed by atoms with Crippen LogP contribution in [-0.2, 0) is 17.5 Å². The Morgan fingerprint density at radius 2 is 1.56 bits per heavy atom. The van der Waals surface area contributed by atoms with Crippen molar-refractivity contribution in [1.29, 1.82) is 0 Å². The molecular weight excluding hydrogens is 725 g/mol. The van der Waals surface area contributed by atoms with Crippen molar-refractivity contribution in [1.82, 2.24) is 4.90 Å². The highest BCUT2D eigenvalue weighted by Gasteiger charge is 2.41. The number of ether oxygens (including phenoxy) is 1. The molecule has 284 valence electrons. The lowest BCUT2D eigenvalue weighted by Crippen LogP contribution is -2.33. The van der Waals surface area contributed by atoms with E-state index >= 15 is 0 Å². The molecule has 52 heavy (non-hydrogen) atoms. The number of benzene rings is 3. The Balaban J connectivity index is 0.00000358. The highest BCUT2D eigenvalue weighted by molar-refractivity contribution is 6.33. The third-order valence-electron chi connectivity index (χ3n) is 8.56. The SMILES string of the molecule is CC.CC/C(=C\C(=C/CC1OC(=O)N(Cc2cc(C(F)(F)F)ccc2-c2cc(-c3ccc(C(C)O)cc3C)ccc2Cl)C1C)C(F)(F)F)C(F)(F)F. The van der Waals surface area contributed by atoms with Gasteiger partial charge in [-0.3, -0.25) is 4.90 Å². The van der Waals surface area contributed by atoms with E-state index in [4.69, 9.17) is 16.3 Å². The molecule has 1 saturated heterocycles. The van der Waals surface area contributed by atoms with Crippen LogP contribution in [0.15, 0.2) is 77.9 Å². The van der Waals surface area contributed by atoms with E-state index in [2.05, 4.69) is 0 Å². The molecule has 1 aliphatic heterocycles. The van der Waals surface area contributed by atoms with Crippen LogP contribution in [0.2, 0.25) is 5.02 Å². The molecule has 3 atom stereocenters. The van der Waals surface area contributed by atoms with Gasteiger partial charge in [-0.15, -0.1) is 0 Å². The highest BCUT2D eigenvalue weighted by atomic mass is 35.5. The maximum Gasteiger partial charge on any atom is 0.416 e. The standard InChI is InChI=1S/C36H33ClF9NO3.C2H6/c1-5-25(34(38,39)40)17-27(36(44,45)46)9-13-32-20(3)47(33(49)50-32)18-24-15-26(35(41,42)43)8-11-29(24)30-16-23(7-12-31(30)37)28-10-6-22(21(4)48)14-19(28)2;1-2/h6-12,14-17,20-21,32,48H,5,13,18H2,1-4H3;1-2H3/b25-17+,27-9+;. The number of amides is 1. The summed E-state index contributed by atoms with van der Waals surface area (Å²) in [7, 11) is 0. The second-order valence-corrected chi connectivity index (χ2v) is 12.4. The van der Waals surface area contributed by atoms with Crippen molar-refractivity contribution in [3.63, 3.8) is 0 Å². The second-order valence-electron chi connectivity index (χ2n) is 12.0. The maximum absolute atomic E-state index is 13.9. The van der Waals surface area contributed by atoms with Gasteiger partial charge >= 0.3 is 24.6 Å². The summed E-state index contributed by atoms with van der Waals surface area (Å²) in [6, 6.07) is 12.3. The first kappa shape index (κ1) is 42.4. The highest BCUT2D eigenvalue weighted by Crippen LogP contribution is 2.40. The molecule has 3 unspecified atom stereocenters. The minimum atomic E-state index is -5.14. The van der Waals surface area contributed by atoms with E-state index in [-0.39, 0.29) is 22.2 Å². The number of carbonyl (C=O) groups is 1. The molecule has 1 amide bonds. The molecule has 1 fully saturated rings. The van der Waals surface area contributed by atoms with Crippen LogP contribution >= 0.6 is 11.6 Å². The number of hydrogen-bond acceptors (Lipinski definition) is 3. The molecule has 0 spiro atoms. The molecule has 3 aromatic rings. The van der Waals surface area contributed by atoms with Crippen LogP contribution in [-0.4, -0.2) is 40.6 Å². The summed E-state index contributed by atoms with van der Waals surface area (Å²) in [5.41, 5.74) is -0.470. The van der Waals surface area contributed by atoms with E-state index < -0.39 is 79.0 Å². The van der Waals surface area contributed by atoms with Gasteiger partial charge in [0.25, 0.3) is 0 Å². The number of nitrogens with zero attached hydrogens (tertiary/aromatic N) is 1. The van der Waals surface area contributed by atoms with E-state index in [1.165, 1.54) is 13.0 Å². The zero-order chi connectivity index (χ0) is 39.3. The summed E-state index contributed by atoms with van der Waals surface area (Å²) < 4.78 is 128. The molecule has 0 saturated carbocycles. The zero-order valence-corrected chi connectivity index (χ0v) is 30.0. The lowest BCUT2D eigenvalue weighted by Gasteiger charge is -2.23. The number of halogens is 10. The van der Waals surface area contributed by atoms with Crippen molar-refractivity contribution in [3.05, 3.63) is 105 Å². The van der Waals surface area contributed by atoms with Crippen LogP contribution in [0, 0.1) is 6.92 Å². The number of hydrogen-bond donors (Lipinski definition) is 1. The quantitative estimate of drug-likeness (QED) is 0.174. The largest absolute Gasteiger partial charge is 0.444 e. The Bertz CT molecular complexity index is 1790. The van der Waals surface area contributed by atoms with Gasteiger partial charge in [-0.1, -0.05) is 68.8 Å². The first-order valence-corrected chi connectivity index (χ1v) is 16.8. The van der Waals surface area contributed by atoms with Crippen molar-refractivity contribution in [3.8, 4) is 22.3 Å². The Hall–Kier alpha value is -3.97. The molecule has 4 nitrogen and oxygen atoms in total. The molecule has 1 aliphatic rings. The van der Waals surface area contributed by atoms with E-state index in [9.17, 15) is 49.4 Å². The first-order valence-electron chi connectivity index (χ1n) is 16.4. The van der Waals surface area contributed by atoms with Crippen molar-refractivity contribution in [2.75, 3.05) is 0 Å². The number of aryl methyl sites for hydroxylation is 1. The minimum absolute atomic E-state index is 0.00891. The number of alkyl halides is 9. The van der Waals surface area contributed by atoms with Crippen LogP contribution in [0.3, 0.4) is 0 Å². The van der Waals surface area contributed by atoms with Gasteiger partial charge in [0.2, 0.25) is 0 Å². The number of cyclic esters (lactones) is 1. The topological polar surface area (TPSA) is 49.8 Å². The molecule has 14 heteroatoms. The number of carbonyl (C=O) groups excluding carboxylic acids is 1. The van der Waals surface area contributed by atoms with Gasteiger partial charge in [0.05, 0.1) is 29.8 Å². The predicted octanol–water partition coefficient (Wildman–Crippen LogP) is 12.6. The summed E-state index contributed by atoms with van der Waals surface area (Å²) in [6.45, 7) is 9.48. The maximum atomic E-state index is 13.9. The fourth-order valence-corrected chi connectivity index (χ4v) is 5.92. The number of aliphatic hydroxyl groups excluding tert-OH is 1. The van der Waals surface area contributed by atoms with E-state index in [0.29, 0.717) is 22.8 Å². The number of aliphatic hydroxyl groups is 1. The summed E-state index contributed by atoms with van der Waals surface area (Å²) >= 11 is 6.57. The van der Waals surface area contributed by atoms with Crippen molar-refractivity contribution < 1.29 is 54.2 Å². The van der Waals surface area contributed by atoms with Crippen LogP contribution in [0.25, 0.3) is 22.3 Å². The Kier molecular flexibility index (Phi) is 13.7. The molecule has 0 aliphatic carbocycles. The first-order chi connectivity index (χ1) is 24.1. The molecule has 0 bridgehead atoms. The monoisotopic (exact) mass is 763 g/mol. The van der Waals surface area contributed by atoms with E-state index in [1.807, 2.05) is 20.8 Å². The normalized spacial score (nSPS) is 17.9. The fraction of sp³-hybridized carbons (Fsp3) is 0.395. The fourth-order valence-electron chi connectivity index (χ4n) is 5.70. The second kappa shape index (κ2) is 16.8. The summed E-state index contributed by atoms with van der Waals surface area (Å²) in [5, 5.41) is 10.1. The lowest BCUT2D eigenvalue weighted by molar-refractivity contribution is -0.137. The molecule has 0 radical (unpaired) electrons. The van der Waals surface area contributed by atoms with Crippen LogP contribution < -0.4 is 0 Å². The lowest BCUT2D eigenvalue weighted by atomic mass is 9.92. The van der Waals surface area contributed by atoms with Crippen LogP contribution in [0.4, 0.5) is 44.3 Å². The van der Waals surface area contributed by atoms with Crippen LogP contribution in [0.5, 0.6) is 0 Å². The van der Waals surface area contributed by atoms with Gasteiger partial charge in [-0.2, -0.15) is 39.5 Å². The molecular formula is C38H39ClF9NO3. The molecule has 1 N–H and O–H groups in total. The molecule has 1 heterocycles. The van der Waals surface area contributed by atoms with Crippen molar-refractivity contribution in [2.45, 2.75) is 97.7 Å². The Morgan fingerprint density at radius 1 is 0.923 bits per heavy atom. The van der Waals surface area contributed by atoms with Gasteiger partial charge in [-0.05, 0) is 90.9 Å². The number of rotatable bonds is 9. The Labute approximate surface area is 301 Å². The molecule has 4 rings (SSSR count). The molecule has 3 aromatic carbocycles.